The fourth-order valence-electron chi connectivity index (χ4n) is 3.46. The molecule has 1 fully saturated rings. The Bertz CT molecular complexity index is 885. The second-order valence-electron chi connectivity index (χ2n) is 7.32. The highest BCUT2D eigenvalue weighted by Gasteiger charge is 2.41. The highest BCUT2D eigenvalue weighted by Crippen LogP contribution is 2.31. The van der Waals surface area contributed by atoms with Crippen LogP contribution in [0, 0.1) is 6.92 Å². The summed E-state index contributed by atoms with van der Waals surface area (Å²) in [7, 11) is 1.61. The highest BCUT2D eigenvalue weighted by atomic mass is 16.7. The fourth-order valence-corrected chi connectivity index (χ4v) is 3.46. The summed E-state index contributed by atoms with van der Waals surface area (Å²) in [4.78, 5) is 24.9. The summed E-state index contributed by atoms with van der Waals surface area (Å²) in [6.45, 7) is 3.22. The number of amides is 1. The van der Waals surface area contributed by atoms with Crippen LogP contribution >= 0.6 is 0 Å². The van der Waals surface area contributed by atoms with Crippen molar-refractivity contribution in [2.24, 2.45) is 4.99 Å². The predicted octanol–water partition coefficient (Wildman–Crippen LogP) is 2.68. The predicted molar refractivity (Wildman–Crippen MR) is 109 cm³/mol. The average molecular weight is 395 g/mol. The van der Waals surface area contributed by atoms with E-state index in [0.717, 1.165) is 17.1 Å². The fraction of sp³-hybridized carbons (Fsp3) is 0.364. The minimum Gasteiger partial charge on any atom is -0.497 e. The van der Waals surface area contributed by atoms with Gasteiger partial charge in [0.25, 0.3) is 5.91 Å². The quantitative estimate of drug-likeness (QED) is 0.843. The first kappa shape index (κ1) is 19.3. The van der Waals surface area contributed by atoms with Gasteiger partial charge >= 0.3 is 0 Å². The van der Waals surface area contributed by atoms with Crippen molar-refractivity contribution in [1.82, 2.24) is 10.4 Å². The number of ether oxygens (including phenoxy) is 2. The molecule has 1 N–H and O–H groups in total. The molecule has 0 radical (unpaired) electrons. The Hall–Kier alpha value is -3.06. The number of nitrogens with one attached hydrogen (secondary N) is 1. The molecule has 1 amide bonds. The lowest BCUT2D eigenvalue weighted by Crippen LogP contribution is -2.47. The molecule has 152 valence electrons. The van der Waals surface area contributed by atoms with Crippen molar-refractivity contribution < 1.29 is 19.1 Å². The van der Waals surface area contributed by atoms with Gasteiger partial charge in [0.05, 0.1) is 7.11 Å². The number of amidine groups is 1. The number of benzene rings is 2. The molecular weight excluding hydrogens is 370 g/mol. The molecule has 2 aliphatic rings. The van der Waals surface area contributed by atoms with Crippen LogP contribution in [-0.2, 0) is 9.63 Å². The molecular formula is C22H25N3O4. The van der Waals surface area contributed by atoms with E-state index in [1.165, 1.54) is 5.56 Å². The van der Waals surface area contributed by atoms with Crippen molar-refractivity contribution in [2.45, 2.75) is 25.5 Å². The zero-order chi connectivity index (χ0) is 20.3. The number of hydrogen-bond donors (Lipinski definition) is 1. The van der Waals surface area contributed by atoms with Crippen LogP contribution in [0.3, 0.4) is 0 Å². The Kier molecular flexibility index (Phi) is 5.40. The van der Waals surface area contributed by atoms with E-state index < -0.39 is 5.72 Å². The molecule has 0 unspecified atom stereocenters. The number of carbonyl (C=O) groups excluding carboxylic acids is 1. The van der Waals surface area contributed by atoms with Gasteiger partial charge in [0.15, 0.2) is 18.2 Å². The number of piperidine rings is 1. The molecule has 0 aliphatic carbocycles. The van der Waals surface area contributed by atoms with Crippen LogP contribution in [0.2, 0.25) is 0 Å². The lowest BCUT2D eigenvalue weighted by atomic mass is 10.0. The van der Waals surface area contributed by atoms with E-state index in [0.29, 0.717) is 31.7 Å². The van der Waals surface area contributed by atoms with Crippen molar-refractivity contribution in [3.8, 4) is 11.5 Å². The first-order valence-electron chi connectivity index (χ1n) is 9.72. The number of methoxy groups -OCH3 is 1. The van der Waals surface area contributed by atoms with Gasteiger partial charge < -0.3 is 14.4 Å². The van der Waals surface area contributed by atoms with Crippen molar-refractivity contribution in [3.63, 3.8) is 0 Å². The van der Waals surface area contributed by atoms with Crippen LogP contribution in [-0.4, -0.2) is 49.2 Å². The normalized spacial score (nSPS) is 17.6. The average Bonchev–Trinajstić information content (AvgIpc) is 3.17. The number of hydrogen-bond acceptors (Lipinski definition) is 6. The maximum Gasteiger partial charge on any atom is 0.260 e. The molecule has 2 heterocycles. The standard InChI is InChI=1S/C22H25N3O4/c1-16-3-5-17(6-4-16)21-23-22(29-24-21)11-13-25(14-12-22)20(26)15-28-19-9-7-18(27-2)8-10-19/h3-10H,11-15H2,1-2H3,(H,23,24). The zero-order valence-corrected chi connectivity index (χ0v) is 16.7. The molecule has 2 aliphatic heterocycles. The molecule has 4 rings (SSSR count). The van der Waals surface area contributed by atoms with Crippen molar-refractivity contribution in [2.75, 3.05) is 26.8 Å². The van der Waals surface area contributed by atoms with E-state index in [1.807, 2.05) is 12.1 Å². The summed E-state index contributed by atoms with van der Waals surface area (Å²) < 4.78 is 10.7. The van der Waals surface area contributed by atoms with E-state index >= 15 is 0 Å². The summed E-state index contributed by atoms with van der Waals surface area (Å²) in [6.07, 6.45) is 1.28. The Morgan fingerprint density at radius 3 is 2.41 bits per heavy atom. The maximum atomic E-state index is 12.5. The van der Waals surface area contributed by atoms with E-state index in [4.69, 9.17) is 19.3 Å². The third-order valence-corrected chi connectivity index (χ3v) is 5.30. The summed E-state index contributed by atoms with van der Waals surface area (Å²) in [5.41, 5.74) is 4.56. The number of likely N-dealkylation sites (tertiary alicyclic amines) is 1. The van der Waals surface area contributed by atoms with Crippen molar-refractivity contribution in [1.29, 1.82) is 0 Å². The van der Waals surface area contributed by atoms with Crippen LogP contribution in [0.1, 0.15) is 24.0 Å². The summed E-state index contributed by atoms with van der Waals surface area (Å²) >= 11 is 0. The summed E-state index contributed by atoms with van der Waals surface area (Å²) in [5, 5.41) is 0. The second kappa shape index (κ2) is 8.13. The number of rotatable bonds is 5. The first-order valence-corrected chi connectivity index (χ1v) is 9.72. The molecule has 1 saturated heterocycles. The van der Waals surface area contributed by atoms with Gasteiger partial charge in [-0.25, -0.2) is 15.3 Å². The van der Waals surface area contributed by atoms with Crippen LogP contribution in [0.15, 0.2) is 53.5 Å². The maximum absolute atomic E-state index is 12.5. The highest BCUT2D eigenvalue weighted by molar-refractivity contribution is 5.99. The monoisotopic (exact) mass is 395 g/mol. The van der Waals surface area contributed by atoms with Crippen molar-refractivity contribution >= 4 is 11.7 Å². The number of aliphatic imine (C=N–C) groups is 1. The molecule has 29 heavy (non-hydrogen) atoms. The molecule has 7 nitrogen and oxygen atoms in total. The van der Waals surface area contributed by atoms with Gasteiger partial charge in [0, 0.05) is 31.5 Å². The molecule has 0 bridgehead atoms. The smallest absolute Gasteiger partial charge is 0.260 e. The van der Waals surface area contributed by atoms with Crippen LogP contribution in [0.25, 0.3) is 0 Å². The Morgan fingerprint density at radius 1 is 1.10 bits per heavy atom. The number of hydroxylamine groups is 1. The van der Waals surface area contributed by atoms with E-state index in [2.05, 4.69) is 24.5 Å². The minimum atomic E-state index is -0.603. The Morgan fingerprint density at radius 2 is 1.76 bits per heavy atom. The molecule has 0 atom stereocenters. The lowest BCUT2D eigenvalue weighted by molar-refractivity contribution is -0.141. The molecule has 2 aromatic carbocycles. The number of aryl methyl sites for hydroxylation is 1. The van der Waals surface area contributed by atoms with E-state index in [9.17, 15) is 4.79 Å². The van der Waals surface area contributed by atoms with Gasteiger partial charge in [-0.3, -0.25) is 4.79 Å². The molecule has 1 spiro atoms. The SMILES string of the molecule is COc1ccc(OCC(=O)N2CCC3(CC2)N=C(c2ccc(C)cc2)NO3)cc1. The van der Waals surface area contributed by atoms with Gasteiger partial charge in [-0.2, -0.15) is 0 Å². The van der Waals surface area contributed by atoms with Crippen LogP contribution in [0.5, 0.6) is 11.5 Å². The van der Waals surface area contributed by atoms with Crippen LogP contribution < -0.4 is 15.0 Å². The molecule has 7 heteroatoms. The summed E-state index contributed by atoms with van der Waals surface area (Å²) in [6, 6.07) is 15.3. The topological polar surface area (TPSA) is 72.4 Å². The number of nitrogens with zero attached hydrogens (tertiary/aromatic N) is 2. The van der Waals surface area contributed by atoms with E-state index in [-0.39, 0.29) is 12.5 Å². The largest absolute Gasteiger partial charge is 0.497 e. The molecule has 2 aromatic rings. The Balaban J connectivity index is 1.30. The number of carbonyl (C=O) groups is 1. The third kappa shape index (κ3) is 4.35. The van der Waals surface area contributed by atoms with Gasteiger partial charge in [0.2, 0.25) is 0 Å². The first-order chi connectivity index (χ1) is 14.1. The van der Waals surface area contributed by atoms with Gasteiger partial charge in [-0.15, -0.1) is 0 Å². The van der Waals surface area contributed by atoms with Gasteiger partial charge in [-0.1, -0.05) is 29.8 Å². The van der Waals surface area contributed by atoms with E-state index in [1.54, 1.807) is 36.3 Å². The second-order valence-corrected chi connectivity index (χ2v) is 7.32. The lowest BCUT2D eigenvalue weighted by Gasteiger charge is -2.35. The third-order valence-electron chi connectivity index (χ3n) is 5.30. The molecule has 0 saturated carbocycles. The van der Waals surface area contributed by atoms with Crippen molar-refractivity contribution in [3.05, 3.63) is 59.7 Å². The molecule has 0 aromatic heterocycles. The summed E-state index contributed by atoms with van der Waals surface area (Å²) in [5.74, 6) is 2.10. The Labute approximate surface area is 170 Å². The van der Waals surface area contributed by atoms with Gasteiger partial charge in [0.1, 0.15) is 11.5 Å². The van der Waals surface area contributed by atoms with Crippen LogP contribution in [0.4, 0.5) is 0 Å². The van der Waals surface area contributed by atoms with Gasteiger partial charge in [-0.05, 0) is 31.2 Å². The zero-order valence-electron chi connectivity index (χ0n) is 16.7. The minimum absolute atomic E-state index is 0.0102.